The van der Waals surface area contributed by atoms with Gasteiger partial charge in [-0.25, -0.2) is 4.98 Å². The van der Waals surface area contributed by atoms with Gasteiger partial charge in [0.2, 0.25) is 0 Å². The van der Waals surface area contributed by atoms with E-state index in [1.54, 1.807) is 11.3 Å². The minimum atomic E-state index is -1.91. The topological polar surface area (TPSA) is 12.9 Å². The zero-order valence-electron chi connectivity index (χ0n) is 17.5. The lowest BCUT2D eigenvalue weighted by atomic mass is 10.2. The van der Waals surface area contributed by atoms with Crippen LogP contribution in [0.2, 0.25) is 0 Å². The maximum absolute atomic E-state index is 5.09. The zero-order valence-corrected chi connectivity index (χ0v) is 20.8. The van der Waals surface area contributed by atoms with Crippen molar-refractivity contribution in [3.8, 4) is 10.6 Å². The molecule has 0 saturated heterocycles. The molecular formula is C28H23BrNPS. The number of hydrogen-bond acceptors (Lipinski definition) is 2. The second-order valence-corrected chi connectivity index (χ2v) is 11.8. The minimum absolute atomic E-state index is 0. The third-order valence-electron chi connectivity index (χ3n) is 5.56. The lowest BCUT2D eigenvalue weighted by molar-refractivity contribution is -0.00000598. The van der Waals surface area contributed by atoms with E-state index in [0.717, 1.165) is 16.9 Å². The predicted molar refractivity (Wildman–Crippen MR) is 136 cm³/mol. The van der Waals surface area contributed by atoms with Crippen LogP contribution >= 0.6 is 18.6 Å². The molecule has 0 aliphatic heterocycles. The minimum Gasteiger partial charge on any atom is -1.00 e. The van der Waals surface area contributed by atoms with E-state index < -0.39 is 7.26 Å². The number of nitrogens with zero attached hydrogens (tertiary/aromatic N) is 1. The number of rotatable bonds is 6. The van der Waals surface area contributed by atoms with Gasteiger partial charge in [0, 0.05) is 10.9 Å². The summed E-state index contributed by atoms with van der Waals surface area (Å²) < 4.78 is 0. The summed E-state index contributed by atoms with van der Waals surface area (Å²) >= 11 is 1.74. The highest BCUT2D eigenvalue weighted by atomic mass is 79.9. The smallest absolute Gasteiger partial charge is 0.123 e. The van der Waals surface area contributed by atoms with Crippen LogP contribution in [0.15, 0.2) is 127 Å². The molecule has 4 heteroatoms. The van der Waals surface area contributed by atoms with Gasteiger partial charge in [0.1, 0.15) is 34.3 Å². The molecule has 1 nitrogen and oxygen atoms in total. The van der Waals surface area contributed by atoms with Gasteiger partial charge in [-0.1, -0.05) is 84.9 Å². The van der Waals surface area contributed by atoms with E-state index in [-0.39, 0.29) is 17.0 Å². The summed E-state index contributed by atoms with van der Waals surface area (Å²) in [7, 11) is -1.91. The van der Waals surface area contributed by atoms with Crippen LogP contribution < -0.4 is 32.9 Å². The number of aromatic nitrogens is 1. The molecule has 5 aromatic rings. The standard InChI is InChI=1S/C28H23NPS.BrH/c1-5-13-23(14-6-1)28-29-24(22-31-28)21-30(25-15-7-2-8-16-25,26-17-9-3-10-18-26)27-19-11-4-12-20-27;/h1-20,22H,21H2;1H/q+1;/p-1. The van der Waals surface area contributed by atoms with E-state index in [9.17, 15) is 0 Å². The van der Waals surface area contributed by atoms with Crippen molar-refractivity contribution >= 4 is 34.5 Å². The third-order valence-corrected chi connectivity index (χ3v) is 10.8. The largest absolute Gasteiger partial charge is 1.00 e. The summed E-state index contributed by atoms with van der Waals surface area (Å²) in [5.41, 5.74) is 2.34. The van der Waals surface area contributed by atoms with Crippen LogP contribution in [-0.4, -0.2) is 4.98 Å². The van der Waals surface area contributed by atoms with E-state index >= 15 is 0 Å². The summed E-state index contributed by atoms with van der Waals surface area (Å²) in [6.07, 6.45) is 0.911. The summed E-state index contributed by atoms with van der Waals surface area (Å²) in [5, 5.41) is 7.50. The molecule has 5 rings (SSSR count). The van der Waals surface area contributed by atoms with Gasteiger partial charge in [-0.2, -0.15) is 0 Å². The van der Waals surface area contributed by atoms with Gasteiger partial charge in [0.05, 0.1) is 5.69 Å². The Morgan fingerprint density at radius 3 is 1.41 bits per heavy atom. The van der Waals surface area contributed by atoms with Gasteiger partial charge in [-0.15, -0.1) is 11.3 Å². The van der Waals surface area contributed by atoms with Gasteiger partial charge in [0.15, 0.2) is 0 Å². The van der Waals surface area contributed by atoms with Crippen LogP contribution in [0.25, 0.3) is 10.6 Å². The fourth-order valence-corrected chi connectivity index (χ4v) is 9.19. The van der Waals surface area contributed by atoms with Gasteiger partial charge in [-0.05, 0) is 36.4 Å². The number of hydrogen-bond donors (Lipinski definition) is 0. The number of thiazole rings is 1. The first-order valence-electron chi connectivity index (χ1n) is 10.4. The van der Waals surface area contributed by atoms with E-state index in [4.69, 9.17) is 4.98 Å². The summed E-state index contributed by atoms with van der Waals surface area (Å²) in [6.45, 7) is 0. The van der Waals surface area contributed by atoms with Crippen molar-refractivity contribution < 1.29 is 17.0 Å². The Bertz CT molecular complexity index is 1150. The predicted octanol–water partition coefficient (Wildman–Crippen LogP) is 3.31. The van der Waals surface area contributed by atoms with Crippen molar-refractivity contribution in [3.63, 3.8) is 0 Å². The van der Waals surface area contributed by atoms with E-state index in [2.05, 4.69) is 127 Å². The summed E-state index contributed by atoms with van der Waals surface area (Å²) in [4.78, 5) is 5.09. The Kier molecular flexibility index (Phi) is 7.32. The van der Waals surface area contributed by atoms with Crippen molar-refractivity contribution in [2.24, 2.45) is 0 Å². The van der Waals surface area contributed by atoms with Crippen molar-refractivity contribution in [3.05, 3.63) is 132 Å². The fourth-order valence-electron chi connectivity index (χ4n) is 4.10. The Morgan fingerprint density at radius 2 is 0.969 bits per heavy atom. The molecule has 0 aliphatic rings. The normalized spacial score (nSPS) is 11.0. The maximum Gasteiger partial charge on any atom is 0.123 e. The van der Waals surface area contributed by atoms with Crippen molar-refractivity contribution in [1.82, 2.24) is 4.98 Å². The van der Waals surface area contributed by atoms with Gasteiger partial charge < -0.3 is 17.0 Å². The monoisotopic (exact) mass is 515 g/mol. The highest BCUT2D eigenvalue weighted by molar-refractivity contribution is 7.95. The van der Waals surface area contributed by atoms with Crippen LogP contribution in [0.4, 0.5) is 0 Å². The Morgan fingerprint density at radius 1 is 0.562 bits per heavy atom. The molecule has 4 aromatic carbocycles. The molecule has 32 heavy (non-hydrogen) atoms. The van der Waals surface area contributed by atoms with Gasteiger partial charge >= 0.3 is 0 Å². The molecule has 1 aromatic heterocycles. The van der Waals surface area contributed by atoms with E-state index in [1.165, 1.54) is 21.5 Å². The molecule has 0 fully saturated rings. The highest BCUT2D eigenvalue weighted by Gasteiger charge is 2.46. The quantitative estimate of drug-likeness (QED) is 0.316. The van der Waals surface area contributed by atoms with Gasteiger partial charge in [-0.3, -0.25) is 0 Å². The summed E-state index contributed by atoms with van der Waals surface area (Å²) in [5.74, 6) is 0. The van der Waals surface area contributed by atoms with Crippen molar-refractivity contribution in [2.75, 3.05) is 0 Å². The van der Waals surface area contributed by atoms with Crippen LogP contribution in [0, 0.1) is 0 Å². The first-order chi connectivity index (χ1) is 15.4. The van der Waals surface area contributed by atoms with Crippen molar-refractivity contribution in [2.45, 2.75) is 6.16 Å². The molecule has 0 atom stereocenters. The highest BCUT2D eigenvalue weighted by Crippen LogP contribution is 2.58. The first-order valence-corrected chi connectivity index (χ1v) is 13.3. The molecule has 0 radical (unpaired) electrons. The summed E-state index contributed by atoms with van der Waals surface area (Å²) in [6, 6.07) is 43.5. The second kappa shape index (κ2) is 10.4. The molecule has 0 spiro atoms. The third kappa shape index (κ3) is 4.47. The SMILES string of the molecule is [Br-].c1ccc(-c2nc(C[P+](c3ccccc3)(c3ccccc3)c3ccccc3)cs2)cc1. The average Bonchev–Trinajstić information content (AvgIpc) is 3.33. The second-order valence-electron chi connectivity index (χ2n) is 7.48. The zero-order chi connectivity index (χ0) is 20.9. The molecule has 0 bridgehead atoms. The first kappa shape index (κ1) is 22.6. The molecule has 1 heterocycles. The molecule has 0 amide bonds. The molecule has 158 valence electrons. The fraction of sp³-hybridized carbons (Fsp3) is 0.0357. The molecule has 0 unspecified atom stereocenters. The Hall–Kier alpha value is -2.58. The lowest BCUT2D eigenvalue weighted by Gasteiger charge is -2.27. The van der Waals surface area contributed by atoms with Crippen LogP contribution in [-0.2, 0) is 6.16 Å². The van der Waals surface area contributed by atoms with Gasteiger partial charge in [0.25, 0.3) is 0 Å². The molecular weight excluding hydrogens is 493 g/mol. The number of halogens is 1. The van der Waals surface area contributed by atoms with Crippen LogP contribution in [0.5, 0.6) is 0 Å². The van der Waals surface area contributed by atoms with Crippen LogP contribution in [0.3, 0.4) is 0 Å². The molecule has 0 N–H and O–H groups in total. The Balaban J connectivity index is 0.00000245. The average molecular weight is 516 g/mol. The molecule has 0 aliphatic carbocycles. The maximum atomic E-state index is 5.09. The lowest BCUT2D eigenvalue weighted by Crippen LogP contribution is -3.00. The van der Waals surface area contributed by atoms with E-state index in [0.29, 0.717) is 0 Å². The van der Waals surface area contributed by atoms with Crippen LogP contribution in [0.1, 0.15) is 5.69 Å². The Labute approximate surface area is 204 Å². The van der Waals surface area contributed by atoms with Crippen molar-refractivity contribution in [1.29, 1.82) is 0 Å². The molecule has 0 saturated carbocycles. The van der Waals surface area contributed by atoms with E-state index in [1.807, 2.05) is 0 Å². The number of benzene rings is 4.